The monoisotopic (exact) mass is 192 g/mol. The Bertz CT molecular complexity index is 355. The molecule has 0 saturated heterocycles. The van der Waals surface area contributed by atoms with E-state index in [2.05, 4.69) is 27.3 Å². The number of hydrogen-bond acceptors (Lipinski definition) is 3. The number of rotatable bonds is 0. The minimum Gasteiger partial charge on any atom is -0.370 e. The van der Waals surface area contributed by atoms with Gasteiger partial charge in [0.15, 0.2) is 5.82 Å². The molecule has 0 spiro atoms. The number of fused-ring (bicyclic) bond motifs is 3. The maximum absolute atomic E-state index is 4.58. The summed E-state index contributed by atoms with van der Waals surface area (Å²) >= 11 is 0. The zero-order chi connectivity index (χ0) is 9.54. The number of nitrogens with zero attached hydrogens (tertiary/aromatic N) is 2. The first-order valence-electron chi connectivity index (χ1n) is 5.42. The Morgan fingerprint density at radius 3 is 3.29 bits per heavy atom. The van der Waals surface area contributed by atoms with Gasteiger partial charge in [-0.2, -0.15) is 5.10 Å². The van der Waals surface area contributed by atoms with E-state index in [9.17, 15) is 0 Å². The van der Waals surface area contributed by atoms with Crippen LogP contribution < -0.4 is 10.6 Å². The van der Waals surface area contributed by atoms with Crippen molar-refractivity contribution >= 4 is 11.6 Å². The van der Waals surface area contributed by atoms with Crippen molar-refractivity contribution in [1.82, 2.24) is 9.78 Å². The first-order valence-corrected chi connectivity index (χ1v) is 5.42. The van der Waals surface area contributed by atoms with Crippen LogP contribution in [0.5, 0.6) is 0 Å². The Balaban J connectivity index is 2.04. The smallest absolute Gasteiger partial charge is 0.153 e. The van der Waals surface area contributed by atoms with Gasteiger partial charge in [0.05, 0.1) is 0 Å². The van der Waals surface area contributed by atoms with Gasteiger partial charge >= 0.3 is 0 Å². The van der Waals surface area contributed by atoms with Gasteiger partial charge in [-0.15, -0.1) is 0 Å². The molecule has 0 saturated carbocycles. The molecule has 76 valence electrons. The molecule has 3 heterocycles. The Hall–Kier alpha value is -1.19. The molecule has 1 aromatic heterocycles. The van der Waals surface area contributed by atoms with Gasteiger partial charge in [0, 0.05) is 25.2 Å². The summed E-state index contributed by atoms with van der Waals surface area (Å²) in [5, 5.41) is 11.4. The van der Waals surface area contributed by atoms with Gasteiger partial charge in [0.2, 0.25) is 0 Å². The summed E-state index contributed by atoms with van der Waals surface area (Å²) in [6.45, 7) is 5.46. The molecule has 2 aliphatic rings. The van der Waals surface area contributed by atoms with E-state index in [1.54, 1.807) is 0 Å². The first kappa shape index (κ1) is 8.15. The molecule has 3 rings (SSSR count). The standard InChI is InChI=1S/C10H16N4/c1-7-5-12-10-8-3-2-4-11-9(8)13-14(10)6-7/h7,12H,2-6H2,1H3,(H,11,13). The second-order valence-electron chi connectivity index (χ2n) is 4.37. The van der Waals surface area contributed by atoms with Crippen LogP contribution in [0.2, 0.25) is 0 Å². The molecule has 0 amide bonds. The van der Waals surface area contributed by atoms with Gasteiger partial charge in [-0.1, -0.05) is 6.92 Å². The maximum atomic E-state index is 4.58. The van der Waals surface area contributed by atoms with Crippen LogP contribution in [0.3, 0.4) is 0 Å². The molecule has 1 atom stereocenters. The molecular formula is C10H16N4. The van der Waals surface area contributed by atoms with Gasteiger partial charge in [-0.25, -0.2) is 4.68 Å². The average Bonchev–Trinajstić information content (AvgIpc) is 2.54. The molecular weight excluding hydrogens is 176 g/mol. The molecule has 2 aliphatic heterocycles. The molecule has 1 aromatic rings. The number of aromatic nitrogens is 2. The zero-order valence-corrected chi connectivity index (χ0v) is 8.51. The van der Waals surface area contributed by atoms with E-state index in [0.717, 1.165) is 25.5 Å². The van der Waals surface area contributed by atoms with Crippen LogP contribution in [-0.4, -0.2) is 22.9 Å². The largest absolute Gasteiger partial charge is 0.370 e. The normalized spacial score (nSPS) is 24.5. The number of hydrogen-bond donors (Lipinski definition) is 2. The summed E-state index contributed by atoms with van der Waals surface area (Å²) in [6.07, 6.45) is 2.39. The van der Waals surface area contributed by atoms with Crippen molar-refractivity contribution in [3.8, 4) is 0 Å². The van der Waals surface area contributed by atoms with Crippen LogP contribution in [0.1, 0.15) is 18.9 Å². The van der Waals surface area contributed by atoms with Crippen LogP contribution in [0, 0.1) is 5.92 Å². The van der Waals surface area contributed by atoms with Gasteiger partial charge in [-0.05, 0) is 18.8 Å². The summed E-state index contributed by atoms with van der Waals surface area (Å²) in [4.78, 5) is 0. The van der Waals surface area contributed by atoms with E-state index in [0.29, 0.717) is 5.92 Å². The lowest BCUT2D eigenvalue weighted by atomic mass is 10.1. The van der Waals surface area contributed by atoms with E-state index in [1.165, 1.54) is 24.2 Å². The molecule has 1 unspecified atom stereocenters. The van der Waals surface area contributed by atoms with Gasteiger partial charge < -0.3 is 10.6 Å². The summed E-state index contributed by atoms with van der Waals surface area (Å²) in [5.74, 6) is 3.04. The van der Waals surface area contributed by atoms with E-state index in [4.69, 9.17) is 0 Å². The highest BCUT2D eigenvalue weighted by atomic mass is 15.4. The molecule has 0 aromatic carbocycles. The van der Waals surface area contributed by atoms with Crippen LogP contribution in [0.25, 0.3) is 0 Å². The van der Waals surface area contributed by atoms with E-state index in [1.807, 2.05) is 0 Å². The molecule has 2 N–H and O–H groups in total. The summed E-state index contributed by atoms with van der Waals surface area (Å²) < 4.78 is 2.12. The summed E-state index contributed by atoms with van der Waals surface area (Å²) in [7, 11) is 0. The van der Waals surface area contributed by atoms with Gasteiger partial charge in [0.25, 0.3) is 0 Å². The van der Waals surface area contributed by atoms with Crippen LogP contribution >= 0.6 is 0 Å². The van der Waals surface area contributed by atoms with Crippen molar-refractivity contribution in [3.05, 3.63) is 5.56 Å². The number of nitrogens with one attached hydrogen (secondary N) is 2. The second-order valence-corrected chi connectivity index (χ2v) is 4.37. The van der Waals surface area contributed by atoms with E-state index >= 15 is 0 Å². The fraction of sp³-hybridized carbons (Fsp3) is 0.700. The average molecular weight is 192 g/mol. The van der Waals surface area contributed by atoms with Crippen molar-refractivity contribution in [2.24, 2.45) is 5.92 Å². The van der Waals surface area contributed by atoms with Crippen LogP contribution in [0.4, 0.5) is 11.6 Å². The lowest BCUT2D eigenvalue weighted by Gasteiger charge is -2.22. The lowest BCUT2D eigenvalue weighted by molar-refractivity contribution is 0.445. The zero-order valence-electron chi connectivity index (χ0n) is 8.51. The minimum absolute atomic E-state index is 0.684. The topological polar surface area (TPSA) is 41.9 Å². The number of anilines is 2. The fourth-order valence-electron chi connectivity index (χ4n) is 2.31. The van der Waals surface area contributed by atoms with Gasteiger partial charge in [0.1, 0.15) is 5.82 Å². The molecule has 0 bridgehead atoms. The molecule has 0 fully saturated rings. The van der Waals surface area contributed by atoms with E-state index in [-0.39, 0.29) is 0 Å². The minimum atomic E-state index is 0.684. The molecule has 0 aliphatic carbocycles. The molecule has 4 nitrogen and oxygen atoms in total. The lowest BCUT2D eigenvalue weighted by Crippen LogP contribution is -2.26. The predicted octanol–water partition coefficient (Wildman–Crippen LogP) is 1.30. The van der Waals surface area contributed by atoms with Gasteiger partial charge in [-0.3, -0.25) is 0 Å². The Labute approximate surface area is 83.7 Å². The maximum Gasteiger partial charge on any atom is 0.153 e. The Kier molecular flexibility index (Phi) is 1.69. The summed E-state index contributed by atoms with van der Waals surface area (Å²) in [6, 6.07) is 0. The third-order valence-corrected chi connectivity index (χ3v) is 3.05. The fourth-order valence-corrected chi connectivity index (χ4v) is 2.31. The second kappa shape index (κ2) is 2.90. The SMILES string of the molecule is CC1CNc2c3c(nn2C1)NCCC3. The van der Waals surface area contributed by atoms with E-state index < -0.39 is 0 Å². The summed E-state index contributed by atoms with van der Waals surface area (Å²) in [5.41, 5.74) is 1.39. The molecule has 0 radical (unpaired) electrons. The van der Waals surface area contributed by atoms with Crippen molar-refractivity contribution in [1.29, 1.82) is 0 Å². The highest BCUT2D eigenvalue weighted by Gasteiger charge is 2.24. The highest BCUT2D eigenvalue weighted by Crippen LogP contribution is 2.31. The third kappa shape index (κ3) is 1.10. The van der Waals surface area contributed by atoms with Crippen LogP contribution in [0.15, 0.2) is 0 Å². The molecule has 14 heavy (non-hydrogen) atoms. The Morgan fingerprint density at radius 1 is 1.43 bits per heavy atom. The van der Waals surface area contributed by atoms with Crippen LogP contribution in [-0.2, 0) is 13.0 Å². The first-order chi connectivity index (χ1) is 6.84. The third-order valence-electron chi connectivity index (χ3n) is 3.05. The van der Waals surface area contributed by atoms with Crippen molar-refractivity contribution in [3.63, 3.8) is 0 Å². The predicted molar refractivity (Wildman–Crippen MR) is 56.7 cm³/mol. The quantitative estimate of drug-likeness (QED) is 0.651. The molecule has 4 heteroatoms. The van der Waals surface area contributed by atoms with Crippen molar-refractivity contribution in [2.75, 3.05) is 23.7 Å². The van der Waals surface area contributed by atoms with Crippen molar-refractivity contribution in [2.45, 2.75) is 26.3 Å². The van der Waals surface area contributed by atoms with Crippen molar-refractivity contribution < 1.29 is 0 Å². The Morgan fingerprint density at radius 2 is 2.36 bits per heavy atom. The highest BCUT2D eigenvalue weighted by molar-refractivity contribution is 5.61.